The average molecular weight is 531 g/mol. The fourth-order valence-corrected chi connectivity index (χ4v) is 4.79. The molecule has 12 heteroatoms. The number of ether oxygens (including phenoxy) is 2. The van der Waals surface area contributed by atoms with Crippen LogP contribution in [-0.2, 0) is 25.6 Å². The van der Waals surface area contributed by atoms with Gasteiger partial charge in [0.2, 0.25) is 0 Å². The highest BCUT2D eigenvalue weighted by molar-refractivity contribution is 6.00. The zero-order chi connectivity index (χ0) is 27.6. The first kappa shape index (κ1) is 26.9. The summed E-state index contributed by atoms with van der Waals surface area (Å²) in [5.74, 6) is -3.93. The van der Waals surface area contributed by atoms with Crippen molar-refractivity contribution in [3.63, 3.8) is 0 Å². The van der Waals surface area contributed by atoms with Crippen LogP contribution >= 0.6 is 0 Å². The molecule has 2 unspecified atom stereocenters. The van der Waals surface area contributed by atoms with Gasteiger partial charge in [0.05, 0.1) is 35.7 Å². The quantitative estimate of drug-likeness (QED) is 0.308. The predicted molar refractivity (Wildman–Crippen MR) is 128 cm³/mol. The number of methoxy groups -OCH3 is 1. The number of rotatable bonds is 7. The Labute approximate surface area is 215 Å². The Bertz CT molecular complexity index is 1350. The van der Waals surface area contributed by atoms with Crippen molar-refractivity contribution in [1.29, 1.82) is 0 Å². The van der Waals surface area contributed by atoms with E-state index in [0.717, 1.165) is 30.4 Å². The van der Waals surface area contributed by atoms with Crippen LogP contribution in [0.5, 0.6) is 0 Å². The van der Waals surface area contributed by atoms with Gasteiger partial charge in [0.1, 0.15) is 5.70 Å². The van der Waals surface area contributed by atoms with E-state index in [1.807, 2.05) is 24.3 Å². The van der Waals surface area contributed by atoms with Crippen LogP contribution in [0.25, 0.3) is 0 Å². The molecular weight excluding hydrogens is 507 g/mol. The molecule has 0 amide bonds. The maximum absolute atomic E-state index is 14.2. The van der Waals surface area contributed by atoms with Gasteiger partial charge in [-0.3, -0.25) is 10.1 Å². The monoisotopic (exact) mass is 531 g/mol. The molecule has 0 radical (unpaired) electrons. The number of nitrogens with one attached hydrogen (secondary N) is 2. The molecule has 0 saturated heterocycles. The van der Waals surface area contributed by atoms with Crippen molar-refractivity contribution in [2.75, 3.05) is 13.7 Å². The Morgan fingerprint density at radius 2 is 1.84 bits per heavy atom. The van der Waals surface area contributed by atoms with E-state index in [0.29, 0.717) is 13.0 Å². The van der Waals surface area contributed by atoms with E-state index >= 15 is 0 Å². The van der Waals surface area contributed by atoms with Gasteiger partial charge < -0.3 is 20.1 Å². The number of benzene rings is 2. The molecule has 0 bridgehead atoms. The molecule has 0 fully saturated rings. The topological polar surface area (TPSA) is 120 Å². The first-order chi connectivity index (χ1) is 18.0. The molecule has 2 aromatic carbocycles. The molecular formula is C26H24F3N3O6. The second-order valence-corrected chi connectivity index (χ2v) is 8.78. The van der Waals surface area contributed by atoms with Crippen LogP contribution in [0.3, 0.4) is 0 Å². The van der Waals surface area contributed by atoms with Crippen molar-refractivity contribution >= 4 is 17.6 Å². The Kier molecular flexibility index (Phi) is 7.53. The molecule has 2 atom stereocenters. The highest BCUT2D eigenvalue weighted by atomic mass is 19.4. The normalized spacial score (nSPS) is 19.1. The minimum atomic E-state index is -5.03. The van der Waals surface area contributed by atoms with E-state index in [1.165, 1.54) is 19.1 Å². The zero-order valence-corrected chi connectivity index (χ0v) is 20.4. The fourth-order valence-electron chi connectivity index (χ4n) is 4.79. The predicted octanol–water partition coefficient (Wildman–Crippen LogP) is 4.32. The van der Waals surface area contributed by atoms with Crippen molar-refractivity contribution in [3.8, 4) is 0 Å². The van der Waals surface area contributed by atoms with Crippen molar-refractivity contribution < 1.29 is 37.2 Å². The lowest BCUT2D eigenvalue weighted by molar-refractivity contribution is -0.384. The summed E-state index contributed by atoms with van der Waals surface area (Å²) in [5.41, 5.74) is -1.19. The number of dihydropyridines is 1. The van der Waals surface area contributed by atoms with Crippen molar-refractivity contribution in [2.45, 2.75) is 38.0 Å². The lowest BCUT2D eigenvalue weighted by atomic mass is 9.80. The zero-order valence-electron chi connectivity index (χ0n) is 20.4. The van der Waals surface area contributed by atoms with Crippen LogP contribution in [0.15, 0.2) is 71.1 Å². The first-order valence-corrected chi connectivity index (χ1v) is 11.6. The number of halogens is 3. The summed E-state index contributed by atoms with van der Waals surface area (Å²) < 4.78 is 52.6. The number of esters is 2. The van der Waals surface area contributed by atoms with Crippen LogP contribution in [-0.4, -0.2) is 36.8 Å². The van der Waals surface area contributed by atoms with Crippen LogP contribution in [0.2, 0.25) is 0 Å². The summed E-state index contributed by atoms with van der Waals surface area (Å²) in [6.45, 7) is 1.63. The molecule has 2 aromatic rings. The summed E-state index contributed by atoms with van der Waals surface area (Å²) in [6.07, 6.45) is -4.73. The van der Waals surface area contributed by atoms with Crippen molar-refractivity contribution in [2.24, 2.45) is 0 Å². The number of nitro groups is 1. The fraction of sp³-hybridized carbons (Fsp3) is 0.308. The molecule has 2 N–H and O–H groups in total. The number of alkyl halides is 3. The Hall–Kier alpha value is -4.19. The molecule has 0 aromatic heterocycles. The first-order valence-electron chi connectivity index (χ1n) is 11.6. The third kappa shape index (κ3) is 5.25. The van der Waals surface area contributed by atoms with E-state index in [1.54, 1.807) is 0 Å². The molecule has 4 rings (SSSR count). The maximum atomic E-state index is 14.2. The second kappa shape index (κ2) is 10.7. The number of hydrogen-bond donors (Lipinski definition) is 2. The summed E-state index contributed by atoms with van der Waals surface area (Å²) in [7, 11) is 1.04. The van der Waals surface area contributed by atoms with Crippen LogP contribution in [0, 0.1) is 10.1 Å². The minimum absolute atomic E-state index is 0.0689. The summed E-state index contributed by atoms with van der Waals surface area (Å²) in [4.78, 5) is 36.6. The highest BCUT2D eigenvalue weighted by Crippen LogP contribution is 2.44. The number of carbonyl (C=O) groups is 2. The third-order valence-corrected chi connectivity index (χ3v) is 6.50. The van der Waals surface area contributed by atoms with Crippen molar-refractivity contribution in [3.05, 3.63) is 97.9 Å². The highest BCUT2D eigenvalue weighted by Gasteiger charge is 2.47. The number of fused-ring (bicyclic) bond motifs is 1. The molecule has 0 saturated carbocycles. The summed E-state index contributed by atoms with van der Waals surface area (Å²) in [5, 5.41) is 16.8. The maximum Gasteiger partial charge on any atom is 0.431 e. The summed E-state index contributed by atoms with van der Waals surface area (Å²) in [6, 6.07) is 12.2. The molecule has 0 aliphatic carbocycles. The Morgan fingerprint density at radius 1 is 1.11 bits per heavy atom. The van der Waals surface area contributed by atoms with E-state index in [4.69, 9.17) is 9.47 Å². The molecule has 0 spiro atoms. The van der Waals surface area contributed by atoms with Crippen molar-refractivity contribution in [1.82, 2.24) is 10.6 Å². The van der Waals surface area contributed by atoms with Gasteiger partial charge in [0, 0.05) is 36.8 Å². The molecule has 200 valence electrons. The Balaban J connectivity index is 1.71. The molecule has 9 nitrogen and oxygen atoms in total. The molecule has 38 heavy (non-hydrogen) atoms. The number of nitrogens with zero attached hydrogens (tertiary/aromatic N) is 1. The van der Waals surface area contributed by atoms with Gasteiger partial charge >= 0.3 is 18.1 Å². The standard InChI is InChI=1S/C26H24F3N3O6/c1-14-20(24(33)37-2)21(15-7-5-8-17(12-15)32(35)36)22(23(31-14)26(27,28)29)25(34)38-11-10-19-18-9-4-3-6-16(18)13-30-19/h3-9,12,19,21,30-31H,10-11,13H2,1-2H3. The molecule has 2 aliphatic rings. The third-order valence-electron chi connectivity index (χ3n) is 6.50. The van der Waals surface area contributed by atoms with Gasteiger partial charge in [0.15, 0.2) is 0 Å². The molecule has 2 aliphatic heterocycles. The van der Waals surface area contributed by atoms with Gasteiger partial charge in [0.25, 0.3) is 5.69 Å². The van der Waals surface area contributed by atoms with E-state index in [-0.39, 0.29) is 29.5 Å². The number of non-ortho nitro benzene ring substituents is 1. The smallest absolute Gasteiger partial charge is 0.431 e. The van der Waals surface area contributed by atoms with Crippen LogP contribution in [0.4, 0.5) is 18.9 Å². The van der Waals surface area contributed by atoms with E-state index in [9.17, 15) is 32.9 Å². The van der Waals surface area contributed by atoms with Gasteiger partial charge in [-0.05, 0) is 23.6 Å². The lowest BCUT2D eigenvalue weighted by Gasteiger charge is -2.32. The Morgan fingerprint density at radius 3 is 2.53 bits per heavy atom. The minimum Gasteiger partial charge on any atom is -0.466 e. The largest absolute Gasteiger partial charge is 0.466 e. The molecule has 2 heterocycles. The van der Waals surface area contributed by atoms with Crippen LogP contribution in [0.1, 0.15) is 42.0 Å². The number of carbonyl (C=O) groups excluding carboxylic acids is 2. The van der Waals surface area contributed by atoms with Gasteiger partial charge in [-0.1, -0.05) is 36.4 Å². The van der Waals surface area contributed by atoms with E-state index in [2.05, 4.69) is 10.6 Å². The number of nitro benzene ring substituents is 1. The van der Waals surface area contributed by atoms with Crippen LogP contribution < -0.4 is 10.6 Å². The van der Waals surface area contributed by atoms with Gasteiger partial charge in [-0.2, -0.15) is 13.2 Å². The van der Waals surface area contributed by atoms with Gasteiger partial charge in [-0.15, -0.1) is 0 Å². The van der Waals surface area contributed by atoms with Gasteiger partial charge in [-0.25, -0.2) is 9.59 Å². The second-order valence-electron chi connectivity index (χ2n) is 8.78. The number of hydrogen-bond acceptors (Lipinski definition) is 8. The average Bonchev–Trinajstić information content (AvgIpc) is 3.30. The van der Waals surface area contributed by atoms with E-state index < -0.39 is 45.9 Å². The lowest BCUT2D eigenvalue weighted by Crippen LogP contribution is -2.38. The SMILES string of the molecule is COC(=O)C1=C(C)NC(C(F)(F)F)=C(C(=O)OCCC2NCc3ccccc32)C1c1cccc([N+](=O)[O-])c1. The number of allylic oxidation sites excluding steroid dienone is 2. The summed E-state index contributed by atoms with van der Waals surface area (Å²) >= 11 is 0.